The van der Waals surface area contributed by atoms with Crippen molar-refractivity contribution in [2.45, 2.75) is 76.0 Å². The molecule has 0 saturated carbocycles. The first-order chi connectivity index (χ1) is 19.0. The molecule has 2 fully saturated rings. The summed E-state index contributed by atoms with van der Waals surface area (Å²) in [5.41, 5.74) is 3.22. The largest absolute Gasteiger partial charge is 0.490 e. The van der Waals surface area contributed by atoms with Crippen LogP contribution in [0.15, 0.2) is 42.5 Å². The molecule has 2 aromatic rings. The van der Waals surface area contributed by atoms with E-state index in [4.69, 9.17) is 9.47 Å². The van der Waals surface area contributed by atoms with E-state index in [9.17, 15) is 15.0 Å². The van der Waals surface area contributed by atoms with E-state index in [0.29, 0.717) is 36.5 Å². The third-order valence-electron chi connectivity index (χ3n) is 8.89. The van der Waals surface area contributed by atoms with E-state index < -0.39 is 6.10 Å². The minimum Gasteiger partial charge on any atom is -0.490 e. The van der Waals surface area contributed by atoms with Gasteiger partial charge in [-0.05, 0) is 62.3 Å². The van der Waals surface area contributed by atoms with E-state index in [1.165, 1.54) is 11.1 Å². The van der Waals surface area contributed by atoms with Gasteiger partial charge in [0.05, 0.1) is 24.8 Å². The van der Waals surface area contributed by atoms with Crippen molar-refractivity contribution in [1.82, 2.24) is 14.7 Å². The van der Waals surface area contributed by atoms with E-state index in [2.05, 4.69) is 34.1 Å². The standard InChI is InChI=1S/C31H41N3O5/c1-21-17-33(20-26(36)19-32-11-10-22-4-2-3-5-23(22)18-32)31(37)29-9-8-27(16-30(29)38-21)39-28-14-24-6-7-25(15-28)34(24)12-13-35/h2-5,8-9,16,21,24-26,28,35-36H,6-7,10-15,17-20H2,1H3. The van der Waals surface area contributed by atoms with E-state index in [-0.39, 0.29) is 31.3 Å². The number of carbonyl (C=O) groups excluding carboxylic acids is 1. The maximum absolute atomic E-state index is 13.5. The Labute approximate surface area is 231 Å². The Morgan fingerprint density at radius 1 is 1.08 bits per heavy atom. The fraction of sp³-hybridized carbons (Fsp3) is 0.581. The maximum Gasteiger partial charge on any atom is 0.257 e. The van der Waals surface area contributed by atoms with Gasteiger partial charge < -0.3 is 24.6 Å². The second-order valence-electron chi connectivity index (χ2n) is 11.8. The van der Waals surface area contributed by atoms with Crippen LogP contribution in [0.5, 0.6) is 11.5 Å². The molecule has 4 aliphatic heterocycles. The zero-order chi connectivity index (χ0) is 26.9. The lowest BCUT2D eigenvalue weighted by molar-refractivity contribution is 0.0389. The van der Waals surface area contributed by atoms with Gasteiger partial charge in [-0.1, -0.05) is 24.3 Å². The molecular formula is C31H41N3O5. The van der Waals surface area contributed by atoms with Crippen LogP contribution in [-0.2, 0) is 13.0 Å². The molecule has 2 aromatic carbocycles. The van der Waals surface area contributed by atoms with E-state index in [1.807, 2.05) is 25.1 Å². The lowest BCUT2D eigenvalue weighted by Gasteiger charge is -2.38. The topological polar surface area (TPSA) is 85.7 Å². The molecule has 1 amide bonds. The van der Waals surface area contributed by atoms with E-state index in [0.717, 1.165) is 57.5 Å². The monoisotopic (exact) mass is 535 g/mol. The zero-order valence-electron chi connectivity index (χ0n) is 22.9. The van der Waals surface area contributed by atoms with Crippen LogP contribution in [-0.4, -0.2) is 101 Å². The summed E-state index contributed by atoms with van der Waals surface area (Å²) in [7, 11) is 0. The second kappa shape index (κ2) is 11.5. The summed E-state index contributed by atoms with van der Waals surface area (Å²) in [5, 5.41) is 20.4. The summed E-state index contributed by atoms with van der Waals surface area (Å²) >= 11 is 0. The van der Waals surface area contributed by atoms with Crippen molar-refractivity contribution in [3.05, 3.63) is 59.2 Å². The highest BCUT2D eigenvalue weighted by molar-refractivity contribution is 5.97. The van der Waals surface area contributed by atoms with E-state index >= 15 is 0 Å². The van der Waals surface area contributed by atoms with Crippen molar-refractivity contribution >= 4 is 5.91 Å². The Bertz CT molecular complexity index is 1160. The van der Waals surface area contributed by atoms with Crippen molar-refractivity contribution in [2.24, 2.45) is 0 Å². The van der Waals surface area contributed by atoms with Crippen LogP contribution in [0, 0.1) is 0 Å². The van der Waals surface area contributed by atoms with Gasteiger partial charge in [0.1, 0.15) is 23.7 Å². The molecule has 4 unspecified atom stereocenters. The number of hydrogen-bond donors (Lipinski definition) is 2. The average Bonchev–Trinajstić information content (AvgIpc) is 3.08. The van der Waals surface area contributed by atoms with Crippen LogP contribution in [0.25, 0.3) is 0 Å². The van der Waals surface area contributed by atoms with Gasteiger partial charge in [-0.25, -0.2) is 0 Å². The minimum absolute atomic E-state index is 0.112. The number of aliphatic hydroxyl groups excluding tert-OH is 2. The number of amides is 1. The first kappa shape index (κ1) is 26.6. The van der Waals surface area contributed by atoms with Crippen LogP contribution < -0.4 is 9.47 Å². The number of fused-ring (bicyclic) bond motifs is 4. The normalized spacial score (nSPS) is 27.9. The molecule has 0 spiro atoms. The Morgan fingerprint density at radius 2 is 1.85 bits per heavy atom. The van der Waals surface area contributed by atoms with Crippen molar-refractivity contribution in [3.8, 4) is 11.5 Å². The Hall–Kier alpha value is -2.65. The minimum atomic E-state index is -0.636. The van der Waals surface area contributed by atoms with Gasteiger partial charge in [-0.3, -0.25) is 14.6 Å². The van der Waals surface area contributed by atoms with Crippen LogP contribution in [0.3, 0.4) is 0 Å². The smallest absolute Gasteiger partial charge is 0.257 e. The van der Waals surface area contributed by atoms with Gasteiger partial charge >= 0.3 is 0 Å². The van der Waals surface area contributed by atoms with E-state index in [1.54, 1.807) is 4.90 Å². The Kier molecular flexibility index (Phi) is 7.80. The SMILES string of the molecule is CC1CN(CC(O)CN2CCc3ccccc3C2)C(=O)c2ccc(OC3CC4CCC(C3)N4CCO)cc2O1. The molecule has 4 aliphatic rings. The quantitative estimate of drug-likeness (QED) is 0.538. The van der Waals surface area contributed by atoms with Crippen molar-refractivity contribution in [3.63, 3.8) is 0 Å². The molecule has 0 aromatic heterocycles. The first-order valence-electron chi connectivity index (χ1n) is 14.6. The van der Waals surface area contributed by atoms with Gasteiger partial charge in [0, 0.05) is 50.9 Å². The van der Waals surface area contributed by atoms with Crippen LogP contribution in [0.4, 0.5) is 0 Å². The predicted molar refractivity (Wildman–Crippen MR) is 148 cm³/mol. The number of carbonyl (C=O) groups is 1. The molecule has 0 aliphatic carbocycles. The van der Waals surface area contributed by atoms with Crippen LogP contribution >= 0.6 is 0 Å². The van der Waals surface area contributed by atoms with Gasteiger partial charge in [0.15, 0.2) is 0 Å². The van der Waals surface area contributed by atoms with Crippen molar-refractivity contribution in [1.29, 1.82) is 0 Å². The average molecular weight is 536 g/mol. The lowest BCUT2D eigenvalue weighted by Crippen LogP contribution is -2.47. The molecule has 210 valence electrons. The molecule has 4 atom stereocenters. The number of piperidine rings is 1. The summed E-state index contributed by atoms with van der Waals surface area (Å²) in [6, 6.07) is 15.0. The molecule has 2 bridgehead atoms. The number of β-amino-alcohol motifs (C(OH)–C–C–N with tert-alkyl or cyclic N) is 1. The van der Waals surface area contributed by atoms with Crippen LogP contribution in [0.1, 0.15) is 54.1 Å². The molecule has 8 heteroatoms. The maximum atomic E-state index is 13.5. The highest BCUT2D eigenvalue weighted by Gasteiger charge is 2.41. The van der Waals surface area contributed by atoms with Gasteiger partial charge in [0.2, 0.25) is 0 Å². The third kappa shape index (κ3) is 5.80. The number of aliphatic hydroxyl groups is 2. The number of benzene rings is 2. The molecule has 39 heavy (non-hydrogen) atoms. The van der Waals surface area contributed by atoms with Gasteiger partial charge in [-0.15, -0.1) is 0 Å². The highest BCUT2D eigenvalue weighted by atomic mass is 16.5. The number of nitrogens with zero attached hydrogens (tertiary/aromatic N) is 3. The predicted octanol–water partition coefficient (Wildman–Crippen LogP) is 2.70. The summed E-state index contributed by atoms with van der Waals surface area (Å²) in [6.45, 7) is 5.88. The molecule has 2 saturated heterocycles. The van der Waals surface area contributed by atoms with Crippen LogP contribution in [0.2, 0.25) is 0 Å². The summed E-state index contributed by atoms with van der Waals surface area (Å²) in [6.07, 6.45) is 4.52. The third-order valence-corrected chi connectivity index (χ3v) is 8.89. The fourth-order valence-electron chi connectivity index (χ4n) is 7.14. The molecule has 0 radical (unpaired) electrons. The second-order valence-corrected chi connectivity index (χ2v) is 11.8. The summed E-state index contributed by atoms with van der Waals surface area (Å²) in [5.74, 6) is 1.17. The lowest BCUT2D eigenvalue weighted by atomic mass is 9.99. The Balaban J connectivity index is 1.08. The number of ether oxygens (including phenoxy) is 2. The zero-order valence-corrected chi connectivity index (χ0v) is 22.9. The fourth-order valence-corrected chi connectivity index (χ4v) is 7.14. The molecule has 8 nitrogen and oxygen atoms in total. The number of rotatable bonds is 8. The van der Waals surface area contributed by atoms with Gasteiger partial charge in [-0.2, -0.15) is 0 Å². The van der Waals surface area contributed by atoms with Crippen molar-refractivity contribution < 1.29 is 24.5 Å². The first-order valence-corrected chi connectivity index (χ1v) is 14.6. The summed E-state index contributed by atoms with van der Waals surface area (Å²) < 4.78 is 12.6. The Morgan fingerprint density at radius 3 is 2.62 bits per heavy atom. The van der Waals surface area contributed by atoms with Gasteiger partial charge in [0.25, 0.3) is 5.91 Å². The molecule has 6 rings (SSSR count). The molecular weight excluding hydrogens is 494 g/mol. The molecule has 2 N–H and O–H groups in total. The summed E-state index contributed by atoms with van der Waals surface area (Å²) in [4.78, 5) is 20.0. The highest BCUT2D eigenvalue weighted by Crippen LogP contribution is 2.38. The molecule has 4 heterocycles. The number of hydrogen-bond acceptors (Lipinski definition) is 7. The van der Waals surface area contributed by atoms with Crippen molar-refractivity contribution in [2.75, 3.05) is 39.3 Å².